The van der Waals surface area contributed by atoms with E-state index in [1.165, 1.54) is 11.5 Å². The number of halogens is 5. The molecule has 0 spiro atoms. The van der Waals surface area contributed by atoms with Gasteiger partial charge in [-0.1, -0.05) is 28.1 Å². The topological polar surface area (TPSA) is 17.8 Å². The van der Waals surface area contributed by atoms with Gasteiger partial charge in [0.15, 0.2) is 5.69 Å². The third-order valence-corrected chi connectivity index (χ3v) is 3.35. The zero-order valence-corrected chi connectivity index (χ0v) is 12.0. The van der Waals surface area contributed by atoms with Crippen molar-refractivity contribution in [3.8, 4) is 11.4 Å². The highest BCUT2D eigenvalue weighted by Gasteiger charge is 2.35. The van der Waals surface area contributed by atoms with Crippen molar-refractivity contribution in [2.45, 2.75) is 19.1 Å². The van der Waals surface area contributed by atoms with Crippen LogP contribution in [0.15, 0.2) is 34.9 Å². The van der Waals surface area contributed by atoms with Crippen LogP contribution in [0, 0.1) is 0 Å². The zero-order chi connectivity index (χ0) is 14.9. The van der Waals surface area contributed by atoms with Gasteiger partial charge in [-0.2, -0.15) is 13.2 Å². The van der Waals surface area contributed by atoms with Crippen LogP contribution < -0.4 is 0 Å². The van der Waals surface area contributed by atoms with Gasteiger partial charge in [0.1, 0.15) is 12.5 Å². The molecular weight excluding hydrogens is 340 g/mol. The molecule has 0 N–H and O–H groups in total. The van der Waals surface area contributed by atoms with Crippen molar-refractivity contribution in [2.24, 2.45) is 0 Å². The molecular formula is C13H11BrF4N2. The Balaban J connectivity index is 2.55. The standard InChI is InChI=1S/C13H11BrF4N2/c1-8(6-15)20-7-11(13(16,17)18)19-12(20)9-2-4-10(14)5-3-9/h2-5,7-8H,6H2,1H3. The second-order valence-corrected chi connectivity index (χ2v) is 5.28. The summed E-state index contributed by atoms with van der Waals surface area (Å²) >= 11 is 3.25. The monoisotopic (exact) mass is 350 g/mol. The van der Waals surface area contributed by atoms with E-state index in [9.17, 15) is 17.6 Å². The Labute approximate surface area is 121 Å². The van der Waals surface area contributed by atoms with E-state index in [-0.39, 0.29) is 5.82 Å². The van der Waals surface area contributed by atoms with E-state index in [2.05, 4.69) is 20.9 Å². The van der Waals surface area contributed by atoms with E-state index in [0.717, 1.165) is 10.7 Å². The molecule has 0 saturated carbocycles. The zero-order valence-electron chi connectivity index (χ0n) is 10.5. The predicted octanol–water partition coefficient (Wildman–Crippen LogP) is 4.86. The maximum absolute atomic E-state index is 12.8. The Kier molecular flexibility index (Phi) is 4.17. The van der Waals surface area contributed by atoms with Crippen LogP contribution in [0.1, 0.15) is 18.7 Å². The summed E-state index contributed by atoms with van der Waals surface area (Å²) in [5.74, 6) is 0.106. The average molecular weight is 351 g/mol. The molecule has 7 heteroatoms. The second kappa shape index (κ2) is 5.55. The van der Waals surface area contributed by atoms with Crippen LogP contribution in [0.3, 0.4) is 0 Å². The van der Waals surface area contributed by atoms with Crippen molar-refractivity contribution in [1.29, 1.82) is 0 Å². The predicted molar refractivity (Wildman–Crippen MR) is 71.1 cm³/mol. The Morgan fingerprint density at radius 1 is 1.25 bits per heavy atom. The molecule has 0 radical (unpaired) electrons. The van der Waals surface area contributed by atoms with E-state index in [1.807, 2.05) is 0 Å². The molecule has 0 aliphatic rings. The molecule has 1 aromatic heterocycles. The number of alkyl halides is 4. The van der Waals surface area contributed by atoms with Gasteiger partial charge in [-0.25, -0.2) is 9.37 Å². The first-order chi connectivity index (χ1) is 9.32. The van der Waals surface area contributed by atoms with Crippen LogP contribution in [0.2, 0.25) is 0 Å². The van der Waals surface area contributed by atoms with Gasteiger partial charge in [0.2, 0.25) is 0 Å². The van der Waals surface area contributed by atoms with Crippen LogP contribution in [-0.4, -0.2) is 16.2 Å². The minimum atomic E-state index is -4.55. The number of nitrogens with zero attached hydrogens (tertiary/aromatic N) is 2. The fraction of sp³-hybridized carbons (Fsp3) is 0.308. The van der Waals surface area contributed by atoms with E-state index in [4.69, 9.17) is 0 Å². The molecule has 0 aliphatic carbocycles. The molecule has 1 heterocycles. The van der Waals surface area contributed by atoms with Gasteiger partial charge in [-0.05, 0) is 19.1 Å². The highest BCUT2D eigenvalue weighted by molar-refractivity contribution is 9.10. The van der Waals surface area contributed by atoms with Crippen molar-refractivity contribution in [2.75, 3.05) is 6.67 Å². The molecule has 2 aromatic rings. The fourth-order valence-electron chi connectivity index (χ4n) is 1.75. The minimum Gasteiger partial charge on any atom is -0.325 e. The molecule has 108 valence electrons. The molecule has 1 atom stereocenters. The van der Waals surface area contributed by atoms with E-state index >= 15 is 0 Å². The summed E-state index contributed by atoms with van der Waals surface area (Å²) in [5.41, 5.74) is -0.514. The number of hydrogen-bond acceptors (Lipinski definition) is 1. The number of imidazole rings is 1. The molecule has 2 rings (SSSR count). The van der Waals surface area contributed by atoms with E-state index in [1.54, 1.807) is 24.3 Å². The maximum Gasteiger partial charge on any atom is 0.434 e. The number of hydrogen-bond donors (Lipinski definition) is 0. The molecule has 1 unspecified atom stereocenters. The van der Waals surface area contributed by atoms with Crippen LogP contribution >= 0.6 is 15.9 Å². The van der Waals surface area contributed by atoms with Gasteiger partial charge in [0.05, 0.1) is 6.04 Å². The van der Waals surface area contributed by atoms with Gasteiger partial charge >= 0.3 is 6.18 Å². The summed E-state index contributed by atoms with van der Waals surface area (Å²) in [6.45, 7) is 0.737. The number of benzene rings is 1. The highest BCUT2D eigenvalue weighted by atomic mass is 79.9. The summed E-state index contributed by atoms with van der Waals surface area (Å²) in [4.78, 5) is 3.61. The summed E-state index contributed by atoms with van der Waals surface area (Å²) < 4.78 is 53.1. The van der Waals surface area contributed by atoms with Crippen molar-refractivity contribution in [3.63, 3.8) is 0 Å². The van der Waals surface area contributed by atoms with Crippen molar-refractivity contribution >= 4 is 15.9 Å². The van der Waals surface area contributed by atoms with Crippen molar-refractivity contribution < 1.29 is 17.6 Å². The Bertz CT molecular complexity index is 589. The largest absolute Gasteiger partial charge is 0.434 e. The summed E-state index contributed by atoms with van der Waals surface area (Å²) in [5, 5.41) is 0. The van der Waals surface area contributed by atoms with Crippen LogP contribution in [0.5, 0.6) is 0 Å². The maximum atomic E-state index is 12.8. The average Bonchev–Trinajstić information content (AvgIpc) is 2.83. The minimum absolute atomic E-state index is 0.106. The van der Waals surface area contributed by atoms with Crippen molar-refractivity contribution in [3.05, 3.63) is 40.6 Å². The SMILES string of the molecule is CC(CF)n1cc(C(F)(F)F)nc1-c1ccc(Br)cc1. The Hall–Kier alpha value is -1.37. The lowest BCUT2D eigenvalue weighted by atomic mass is 10.2. The lowest BCUT2D eigenvalue weighted by molar-refractivity contribution is -0.140. The van der Waals surface area contributed by atoms with E-state index in [0.29, 0.717) is 5.56 Å². The molecule has 1 aromatic carbocycles. The normalized spacial score (nSPS) is 13.5. The van der Waals surface area contributed by atoms with Crippen LogP contribution in [0.4, 0.5) is 17.6 Å². The van der Waals surface area contributed by atoms with Gasteiger partial charge < -0.3 is 4.57 Å². The molecule has 0 saturated heterocycles. The Morgan fingerprint density at radius 3 is 2.35 bits per heavy atom. The van der Waals surface area contributed by atoms with Crippen LogP contribution in [0.25, 0.3) is 11.4 Å². The Morgan fingerprint density at radius 2 is 1.85 bits per heavy atom. The summed E-state index contributed by atoms with van der Waals surface area (Å²) in [6.07, 6.45) is -3.70. The highest BCUT2D eigenvalue weighted by Crippen LogP contribution is 2.32. The molecule has 0 bridgehead atoms. The van der Waals surface area contributed by atoms with Crippen LogP contribution in [-0.2, 0) is 6.18 Å². The smallest absolute Gasteiger partial charge is 0.325 e. The molecule has 0 amide bonds. The number of rotatable bonds is 3. The van der Waals surface area contributed by atoms with Gasteiger partial charge in [-0.15, -0.1) is 0 Å². The molecule has 0 fully saturated rings. The molecule has 0 aliphatic heterocycles. The first-order valence-corrected chi connectivity index (χ1v) is 6.60. The summed E-state index contributed by atoms with van der Waals surface area (Å²) in [6, 6.07) is 5.95. The lowest BCUT2D eigenvalue weighted by Gasteiger charge is -2.12. The van der Waals surface area contributed by atoms with Gasteiger partial charge in [-0.3, -0.25) is 0 Å². The first kappa shape index (κ1) is 15.0. The first-order valence-electron chi connectivity index (χ1n) is 5.81. The fourth-order valence-corrected chi connectivity index (χ4v) is 2.02. The molecule has 20 heavy (non-hydrogen) atoms. The second-order valence-electron chi connectivity index (χ2n) is 4.36. The third kappa shape index (κ3) is 3.03. The third-order valence-electron chi connectivity index (χ3n) is 2.82. The quantitative estimate of drug-likeness (QED) is 0.722. The summed E-state index contributed by atoms with van der Waals surface area (Å²) in [7, 11) is 0. The van der Waals surface area contributed by atoms with Crippen molar-refractivity contribution in [1.82, 2.24) is 9.55 Å². The van der Waals surface area contributed by atoms with Gasteiger partial charge in [0.25, 0.3) is 0 Å². The molecule has 2 nitrogen and oxygen atoms in total. The lowest BCUT2D eigenvalue weighted by Crippen LogP contribution is -2.08. The number of aromatic nitrogens is 2. The van der Waals surface area contributed by atoms with E-state index < -0.39 is 24.6 Å². The van der Waals surface area contributed by atoms with Gasteiger partial charge in [0, 0.05) is 16.2 Å².